The van der Waals surface area contributed by atoms with Gasteiger partial charge in [0.25, 0.3) is 5.91 Å². The van der Waals surface area contributed by atoms with Crippen molar-refractivity contribution in [3.8, 4) is 0 Å². The highest BCUT2D eigenvalue weighted by Gasteiger charge is 2.34. The van der Waals surface area contributed by atoms with Crippen LogP contribution in [0, 0.1) is 0 Å². The molecule has 102 valence electrons. The molecule has 1 unspecified atom stereocenters. The Labute approximate surface area is 120 Å². The molecule has 5 nitrogen and oxygen atoms in total. The molecule has 2 heterocycles. The van der Waals surface area contributed by atoms with Crippen LogP contribution in [0.15, 0.2) is 12.1 Å². The van der Waals surface area contributed by atoms with E-state index in [9.17, 15) is 9.59 Å². The van der Waals surface area contributed by atoms with E-state index in [1.807, 2.05) is 0 Å². The third kappa shape index (κ3) is 2.98. The first-order valence-electron chi connectivity index (χ1n) is 5.88. The van der Waals surface area contributed by atoms with E-state index in [0.29, 0.717) is 18.5 Å². The number of nitrogens with zero attached hydrogens (tertiary/aromatic N) is 2. The molecule has 1 aromatic heterocycles. The van der Waals surface area contributed by atoms with Crippen LogP contribution in [0.3, 0.4) is 0 Å². The summed E-state index contributed by atoms with van der Waals surface area (Å²) < 4.78 is 0. The van der Waals surface area contributed by atoms with Gasteiger partial charge < -0.3 is 10.2 Å². The zero-order valence-corrected chi connectivity index (χ0v) is 11.8. The van der Waals surface area contributed by atoms with Crippen LogP contribution in [0.25, 0.3) is 0 Å². The molecule has 7 heteroatoms. The molecule has 1 aliphatic heterocycles. The Bertz CT molecular complexity index is 501. The second kappa shape index (κ2) is 5.75. The summed E-state index contributed by atoms with van der Waals surface area (Å²) in [6, 6.07) is 2.48. The highest BCUT2D eigenvalue weighted by molar-refractivity contribution is 6.33. The molecule has 0 saturated carbocycles. The molecule has 2 amide bonds. The van der Waals surface area contributed by atoms with Crippen LogP contribution in [0.2, 0.25) is 10.3 Å². The van der Waals surface area contributed by atoms with Crippen LogP contribution >= 0.6 is 23.2 Å². The SMILES string of the molecule is CNC(=O)C1CCCN1C(=O)c1cc(Cl)nc(Cl)c1. The summed E-state index contributed by atoms with van der Waals surface area (Å²) in [4.78, 5) is 29.4. The summed E-state index contributed by atoms with van der Waals surface area (Å²) in [6.07, 6.45) is 1.47. The lowest BCUT2D eigenvalue weighted by molar-refractivity contribution is -0.124. The number of hydrogen-bond acceptors (Lipinski definition) is 3. The van der Waals surface area contributed by atoms with Gasteiger partial charge in [-0.3, -0.25) is 9.59 Å². The minimum Gasteiger partial charge on any atom is -0.357 e. The summed E-state index contributed by atoms with van der Waals surface area (Å²) in [6.45, 7) is 0.550. The van der Waals surface area contributed by atoms with Crippen molar-refractivity contribution in [2.75, 3.05) is 13.6 Å². The van der Waals surface area contributed by atoms with E-state index in [-0.39, 0.29) is 22.1 Å². The van der Waals surface area contributed by atoms with Gasteiger partial charge in [0.05, 0.1) is 0 Å². The van der Waals surface area contributed by atoms with E-state index in [4.69, 9.17) is 23.2 Å². The Hall–Kier alpha value is -1.33. The number of likely N-dealkylation sites (N-methyl/N-ethyl adjacent to an activating group) is 1. The average molecular weight is 302 g/mol. The fourth-order valence-electron chi connectivity index (χ4n) is 2.20. The lowest BCUT2D eigenvalue weighted by atomic mass is 10.2. The zero-order chi connectivity index (χ0) is 14.0. The van der Waals surface area contributed by atoms with Gasteiger partial charge in [0.2, 0.25) is 5.91 Å². The molecule has 0 aromatic carbocycles. The second-order valence-electron chi connectivity index (χ2n) is 4.27. The highest BCUT2D eigenvalue weighted by atomic mass is 35.5. The molecular weight excluding hydrogens is 289 g/mol. The summed E-state index contributed by atoms with van der Waals surface area (Å²) in [5.74, 6) is -0.408. The molecular formula is C12H13Cl2N3O2. The number of aromatic nitrogens is 1. The van der Waals surface area contributed by atoms with Gasteiger partial charge in [-0.1, -0.05) is 23.2 Å². The monoisotopic (exact) mass is 301 g/mol. The van der Waals surface area contributed by atoms with E-state index in [0.717, 1.165) is 6.42 Å². The molecule has 1 saturated heterocycles. The Morgan fingerprint density at radius 3 is 2.58 bits per heavy atom. The molecule has 1 atom stereocenters. The maximum atomic E-state index is 12.4. The van der Waals surface area contributed by atoms with Crippen LogP contribution < -0.4 is 5.32 Å². The van der Waals surface area contributed by atoms with Crippen molar-refractivity contribution in [2.24, 2.45) is 0 Å². The molecule has 2 rings (SSSR count). The molecule has 19 heavy (non-hydrogen) atoms. The van der Waals surface area contributed by atoms with Crippen molar-refractivity contribution in [3.63, 3.8) is 0 Å². The Kier molecular flexibility index (Phi) is 4.27. The fourth-order valence-corrected chi connectivity index (χ4v) is 2.66. The van der Waals surface area contributed by atoms with Crippen LogP contribution in [0.4, 0.5) is 0 Å². The number of amides is 2. The van der Waals surface area contributed by atoms with Crippen molar-refractivity contribution in [1.29, 1.82) is 0 Å². The van der Waals surface area contributed by atoms with Crippen molar-refractivity contribution in [1.82, 2.24) is 15.2 Å². The minimum atomic E-state index is -0.428. The maximum Gasteiger partial charge on any atom is 0.254 e. The average Bonchev–Trinajstić information content (AvgIpc) is 2.84. The van der Waals surface area contributed by atoms with Crippen LogP contribution in [-0.2, 0) is 4.79 Å². The summed E-state index contributed by atoms with van der Waals surface area (Å²) >= 11 is 11.6. The summed E-state index contributed by atoms with van der Waals surface area (Å²) in [7, 11) is 1.56. The van der Waals surface area contributed by atoms with Crippen molar-refractivity contribution >= 4 is 35.0 Å². The quantitative estimate of drug-likeness (QED) is 0.846. The highest BCUT2D eigenvalue weighted by Crippen LogP contribution is 2.22. The van der Waals surface area contributed by atoms with Gasteiger partial charge in [-0.25, -0.2) is 4.98 Å². The Balaban J connectivity index is 2.25. The second-order valence-corrected chi connectivity index (χ2v) is 5.05. The van der Waals surface area contributed by atoms with Crippen LogP contribution in [-0.4, -0.2) is 41.3 Å². The number of pyridine rings is 1. The van der Waals surface area contributed by atoms with Crippen molar-refractivity contribution < 1.29 is 9.59 Å². The minimum absolute atomic E-state index is 0.155. The normalized spacial score (nSPS) is 18.5. The van der Waals surface area contributed by atoms with Crippen molar-refractivity contribution in [3.05, 3.63) is 28.0 Å². The van der Waals surface area contributed by atoms with E-state index < -0.39 is 6.04 Å². The lowest BCUT2D eigenvalue weighted by Gasteiger charge is -2.23. The topological polar surface area (TPSA) is 62.3 Å². The van der Waals surface area contributed by atoms with Crippen LogP contribution in [0.1, 0.15) is 23.2 Å². The largest absolute Gasteiger partial charge is 0.357 e. The van der Waals surface area contributed by atoms with Gasteiger partial charge >= 0.3 is 0 Å². The van der Waals surface area contributed by atoms with Crippen molar-refractivity contribution in [2.45, 2.75) is 18.9 Å². The van der Waals surface area contributed by atoms with E-state index in [1.165, 1.54) is 12.1 Å². The molecule has 1 fully saturated rings. The number of nitrogens with one attached hydrogen (secondary N) is 1. The van der Waals surface area contributed by atoms with Gasteiger partial charge in [-0.05, 0) is 25.0 Å². The van der Waals surface area contributed by atoms with Gasteiger partial charge in [-0.15, -0.1) is 0 Å². The molecule has 0 spiro atoms. The predicted octanol–water partition coefficient (Wildman–Crippen LogP) is 1.74. The molecule has 0 aliphatic carbocycles. The smallest absolute Gasteiger partial charge is 0.254 e. The number of likely N-dealkylation sites (tertiary alicyclic amines) is 1. The predicted molar refractivity (Wildman–Crippen MR) is 72.4 cm³/mol. The first-order chi connectivity index (χ1) is 9.02. The molecule has 1 aromatic rings. The number of carbonyl (C=O) groups is 2. The number of halogens is 2. The lowest BCUT2D eigenvalue weighted by Crippen LogP contribution is -2.44. The zero-order valence-electron chi connectivity index (χ0n) is 10.3. The Morgan fingerprint density at radius 1 is 1.37 bits per heavy atom. The van der Waals surface area contributed by atoms with Gasteiger partial charge in [0, 0.05) is 19.2 Å². The van der Waals surface area contributed by atoms with Gasteiger partial charge in [0.15, 0.2) is 0 Å². The van der Waals surface area contributed by atoms with E-state index in [2.05, 4.69) is 10.3 Å². The van der Waals surface area contributed by atoms with Gasteiger partial charge in [-0.2, -0.15) is 0 Å². The molecule has 0 bridgehead atoms. The third-order valence-corrected chi connectivity index (χ3v) is 3.46. The molecule has 1 aliphatic rings. The molecule has 0 radical (unpaired) electrons. The van der Waals surface area contributed by atoms with Crippen LogP contribution in [0.5, 0.6) is 0 Å². The Morgan fingerprint density at radius 2 is 2.00 bits per heavy atom. The summed E-state index contributed by atoms with van der Waals surface area (Å²) in [5.41, 5.74) is 0.348. The number of hydrogen-bond donors (Lipinski definition) is 1. The fraction of sp³-hybridized carbons (Fsp3) is 0.417. The number of carbonyl (C=O) groups excluding carboxylic acids is 2. The molecule has 1 N–H and O–H groups in total. The third-order valence-electron chi connectivity index (χ3n) is 3.07. The summed E-state index contributed by atoms with van der Waals surface area (Å²) in [5, 5.41) is 2.89. The van der Waals surface area contributed by atoms with E-state index in [1.54, 1.807) is 11.9 Å². The first-order valence-corrected chi connectivity index (χ1v) is 6.64. The first kappa shape index (κ1) is 14.1. The van der Waals surface area contributed by atoms with Gasteiger partial charge in [0.1, 0.15) is 16.3 Å². The number of rotatable bonds is 2. The van der Waals surface area contributed by atoms with E-state index >= 15 is 0 Å². The standard InChI is InChI=1S/C12H13Cl2N3O2/c1-15-11(18)8-3-2-4-17(8)12(19)7-5-9(13)16-10(14)6-7/h5-6,8H,2-4H2,1H3,(H,15,18). The maximum absolute atomic E-state index is 12.4.